The highest BCUT2D eigenvalue weighted by Gasteiger charge is 2.33. The van der Waals surface area contributed by atoms with Crippen LogP contribution in [0.4, 0.5) is 0 Å². The molecule has 2 aromatic rings. The Bertz CT molecular complexity index is 747. The maximum atomic E-state index is 12.3. The van der Waals surface area contributed by atoms with Crippen LogP contribution in [-0.2, 0) is 26.6 Å². The Kier molecular flexibility index (Phi) is 5.33. The van der Waals surface area contributed by atoms with Gasteiger partial charge in [0.05, 0.1) is 6.10 Å². The van der Waals surface area contributed by atoms with Crippen LogP contribution < -0.4 is 0 Å². The van der Waals surface area contributed by atoms with Crippen molar-refractivity contribution in [1.29, 1.82) is 0 Å². The summed E-state index contributed by atoms with van der Waals surface area (Å²) in [6.45, 7) is 4.36. The number of nitrogens with zero attached hydrogens (tertiary/aromatic N) is 1. The molecule has 2 atom stereocenters. The van der Waals surface area contributed by atoms with Crippen molar-refractivity contribution in [2.24, 2.45) is 5.92 Å². The third-order valence-electron chi connectivity index (χ3n) is 4.32. The molecule has 128 valence electrons. The summed E-state index contributed by atoms with van der Waals surface area (Å²) in [5.41, 5.74) is 1.99. The number of hydrogen-bond donors (Lipinski definition) is 0. The van der Waals surface area contributed by atoms with E-state index in [4.69, 9.17) is 4.18 Å². The Morgan fingerprint density at radius 2 is 1.54 bits per heavy atom. The summed E-state index contributed by atoms with van der Waals surface area (Å²) in [5, 5.41) is 0. The highest BCUT2D eigenvalue weighted by Crippen LogP contribution is 2.24. The quantitative estimate of drug-likeness (QED) is 0.755. The second kappa shape index (κ2) is 7.47. The van der Waals surface area contributed by atoms with Gasteiger partial charge in [-0.25, -0.2) is 0 Å². The van der Waals surface area contributed by atoms with Crippen LogP contribution >= 0.6 is 0 Å². The van der Waals surface area contributed by atoms with E-state index in [0.717, 1.165) is 18.7 Å². The lowest BCUT2D eigenvalue weighted by Crippen LogP contribution is -2.26. The van der Waals surface area contributed by atoms with Crippen LogP contribution in [0.1, 0.15) is 18.1 Å². The average Bonchev–Trinajstić information content (AvgIpc) is 2.87. The number of hydrogen-bond acceptors (Lipinski definition) is 4. The normalized spacial score (nSPS) is 21.9. The van der Waals surface area contributed by atoms with E-state index in [9.17, 15) is 8.42 Å². The summed E-state index contributed by atoms with van der Waals surface area (Å²) < 4.78 is 30.2. The SMILES string of the molecule is C[C@H]1CN(Cc2ccccc2)C[C@@H]1OS(=O)(=O)Cc1ccccc1. The standard InChI is InChI=1S/C19H23NO3S/c1-16-12-20(13-17-8-4-2-5-9-17)14-19(16)23-24(21,22)15-18-10-6-3-7-11-18/h2-11,16,19H,12-15H2,1H3/t16-,19-/m0/s1. The predicted octanol–water partition coefficient (Wildman–Crippen LogP) is 3.05. The summed E-state index contributed by atoms with van der Waals surface area (Å²) in [6, 6.07) is 19.4. The Hall–Kier alpha value is -1.69. The fraction of sp³-hybridized carbons (Fsp3) is 0.368. The minimum Gasteiger partial charge on any atom is -0.296 e. The first kappa shape index (κ1) is 17.1. The highest BCUT2D eigenvalue weighted by molar-refractivity contribution is 7.85. The van der Waals surface area contributed by atoms with Crippen LogP contribution in [0.3, 0.4) is 0 Å². The van der Waals surface area contributed by atoms with E-state index in [-0.39, 0.29) is 17.8 Å². The third-order valence-corrected chi connectivity index (χ3v) is 5.55. The Balaban J connectivity index is 1.59. The van der Waals surface area contributed by atoms with Crippen molar-refractivity contribution in [3.8, 4) is 0 Å². The molecular weight excluding hydrogens is 322 g/mol. The molecule has 1 saturated heterocycles. The van der Waals surface area contributed by atoms with Crippen molar-refractivity contribution in [3.63, 3.8) is 0 Å². The number of benzene rings is 2. The van der Waals surface area contributed by atoms with Gasteiger partial charge in [0, 0.05) is 19.6 Å². The van der Waals surface area contributed by atoms with Gasteiger partial charge in [0.2, 0.25) is 0 Å². The van der Waals surface area contributed by atoms with Crippen LogP contribution in [0.15, 0.2) is 60.7 Å². The van der Waals surface area contributed by atoms with Gasteiger partial charge in [-0.05, 0) is 17.0 Å². The molecule has 0 N–H and O–H groups in total. The number of rotatable bonds is 6. The van der Waals surface area contributed by atoms with E-state index in [1.54, 1.807) is 12.1 Å². The fourth-order valence-corrected chi connectivity index (χ4v) is 4.43. The van der Waals surface area contributed by atoms with Gasteiger partial charge in [-0.3, -0.25) is 9.08 Å². The van der Waals surface area contributed by atoms with Crippen molar-refractivity contribution >= 4 is 10.1 Å². The first-order valence-electron chi connectivity index (χ1n) is 8.23. The molecule has 1 heterocycles. The van der Waals surface area contributed by atoms with Crippen molar-refractivity contribution < 1.29 is 12.6 Å². The smallest absolute Gasteiger partial charge is 0.271 e. The molecule has 1 fully saturated rings. The lowest BCUT2D eigenvalue weighted by atomic mass is 10.1. The monoisotopic (exact) mass is 345 g/mol. The molecule has 0 bridgehead atoms. The van der Waals surface area contributed by atoms with Gasteiger partial charge in [-0.15, -0.1) is 0 Å². The molecule has 1 aliphatic rings. The topological polar surface area (TPSA) is 46.6 Å². The van der Waals surface area contributed by atoms with E-state index in [1.165, 1.54) is 5.56 Å². The van der Waals surface area contributed by atoms with Gasteiger partial charge in [0.25, 0.3) is 10.1 Å². The first-order valence-corrected chi connectivity index (χ1v) is 9.81. The summed E-state index contributed by atoms with van der Waals surface area (Å²) in [5.74, 6) is 0.120. The lowest BCUT2D eigenvalue weighted by molar-refractivity contribution is 0.180. The van der Waals surface area contributed by atoms with Crippen LogP contribution in [-0.4, -0.2) is 32.5 Å². The van der Waals surface area contributed by atoms with E-state index in [1.807, 2.05) is 43.3 Å². The van der Waals surface area contributed by atoms with Crippen molar-refractivity contribution in [3.05, 3.63) is 71.8 Å². The van der Waals surface area contributed by atoms with Crippen molar-refractivity contribution in [2.45, 2.75) is 25.3 Å². The van der Waals surface area contributed by atoms with Crippen LogP contribution in [0.25, 0.3) is 0 Å². The Morgan fingerprint density at radius 3 is 2.17 bits per heavy atom. The van der Waals surface area contributed by atoms with E-state index in [2.05, 4.69) is 17.0 Å². The molecule has 2 aromatic carbocycles. The zero-order valence-electron chi connectivity index (χ0n) is 13.8. The maximum Gasteiger partial charge on any atom is 0.271 e. The first-order chi connectivity index (χ1) is 11.5. The van der Waals surface area contributed by atoms with E-state index < -0.39 is 10.1 Å². The Morgan fingerprint density at radius 1 is 0.958 bits per heavy atom. The summed E-state index contributed by atoms with van der Waals surface area (Å²) in [4.78, 5) is 2.25. The average molecular weight is 345 g/mol. The predicted molar refractivity (Wildman–Crippen MR) is 94.8 cm³/mol. The van der Waals surface area contributed by atoms with Gasteiger partial charge < -0.3 is 0 Å². The molecule has 0 saturated carbocycles. The minimum atomic E-state index is -3.57. The molecule has 24 heavy (non-hydrogen) atoms. The van der Waals surface area contributed by atoms with Crippen LogP contribution in [0, 0.1) is 5.92 Å². The van der Waals surface area contributed by atoms with Crippen molar-refractivity contribution in [2.75, 3.05) is 13.1 Å². The van der Waals surface area contributed by atoms with E-state index in [0.29, 0.717) is 6.54 Å². The maximum absolute atomic E-state index is 12.3. The molecule has 0 amide bonds. The lowest BCUT2D eigenvalue weighted by Gasteiger charge is -2.16. The molecule has 1 aliphatic heterocycles. The van der Waals surface area contributed by atoms with Gasteiger partial charge in [-0.2, -0.15) is 8.42 Å². The number of likely N-dealkylation sites (tertiary alicyclic amines) is 1. The van der Waals surface area contributed by atoms with Gasteiger partial charge in [0.1, 0.15) is 5.75 Å². The summed E-state index contributed by atoms with van der Waals surface area (Å²) in [6.07, 6.45) is -0.276. The molecule has 0 aromatic heterocycles. The fourth-order valence-electron chi connectivity index (χ4n) is 3.13. The molecule has 0 aliphatic carbocycles. The van der Waals surface area contributed by atoms with Gasteiger partial charge in [-0.1, -0.05) is 67.6 Å². The minimum absolute atomic E-state index is 0.0737. The van der Waals surface area contributed by atoms with Gasteiger partial charge in [0.15, 0.2) is 0 Å². The largest absolute Gasteiger partial charge is 0.296 e. The van der Waals surface area contributed by atoms with E-state index >= 15 is 0 Å². The van der Waals surface area contributed by atoms with Crippen LogP contribution in [0.2, 0.25) is 0 Å². The van der Waals surface area contributed by atoms with Gasteiger partial charge >= 0.3 is 0 Å². The molecule has 3 rings (SSSR count). The second-order valence-electron chi connectivity index (χ2n) is 6.48. The molecule has 0 radical (unpaired) electrons. The second-order valence-corrected chi connectivity index (χ2v) is 8.08. The zero-order valence-corrected chi connectivity index (χ0v) is 14.7. The molecule has 4 nitrogen and oxygen atoms in total. The molecular formula is C19H23NO3S. The molecule has 0 spiro atoms. The van der Waals surface area contributed by atoms with Crippen molar-refractivity contribution in [1.82, 2.24) is 4.90 Å². The highest BCUT2D eigenvalue weighted by atomic mass is 32.2. The summed E-state index contributed by atoms with van der Waals surface area (Å²) in [7, 11) is -3.57. The molecule has 5 heteroatoms. The van der Waals surface area contributed by atoms with Crippen LogP contribution in [0.5, 0.6) is 0 Å². The summed E-state index contributed by atoms with van der Waals surface area (Å²) >= 11 is 0. The Labute approximate surface area is 144 Å². The zero-order chi connectivity index (χ0) is 17.0. The third kappa shape index (κ3) is 4.66. The molecule has 0 unspecified atom stereocenters.